The van der Waals surface area contributed by atoms with Gasteiger partial charge in [0.25, 0.3) is 5.56 Å². The molecule has 1 N–H and O–H groups in total. The molecule has 2 aromatic rings. The van der Waals surface area contributed by atoms with Gasteiger partial charge in [-0.2, -0.15) is 13.2 Å². The molecule has 1 aromatic carbocycles. The van der Waals surface area contributed by atoms with Crippen molar-refractivity contribution in [2.24, 2.45) is 0 Å². The highest BCUT2D eigenvalue weighted by Crippen LogP contribution is 2.33. The molecule has 1 saturated carbocycles. The number of benzene rings is 1. The molecule has 29 heavy (non-hydrogen) atoms. The first-order chi connectivity index (χ1) is 13.6. The maximum absolute atomic E-state index is 12.8. The van der Waals surface area contributed by atoms with E-state index < -0.39 is 26.7 Å². The molecule has 6 nitrogen and oxygen atoms in total. The van der Waals surface area contributed by atoms with Gasteiger partial charge in [-0.3, -0.25) is 9.36 Å². The Kier molecular flexibility index (Phi) is 6.35. The molecule has 0 saturated heterocycles. The summed E-state index contributed by atoms with van der Waals surface area (Å²) in [6.07, 6.45) is 0.864. The fourth-order valence-corrected chi connectivity index (χ4v) is 4.86. The average Bonchev–Trinajstić information content (AvgIpc) is 3.17. The van der Waals surface area contributed by atoms with E-state index in [9.17, 15) is 26.4 Å². The molecule has 0 atom stereocenters. The Labute approximate surface area is 170 Å². The summed E-state index contributed by atoms with van der Waals surface area (Å²) in [6, 6.07) is 3.52. The first kappa shape index (κ1) is 21.8. The van der Waals surface area contributed by atoms with Crippen LogP contribution in [0.5, 0.6) is 0 Å². The van der Waals surface area contributed by atoms with Crippen molar-refractivity contribution < 1.29 is 21.6 Å². The van der Waals surface area contributed by atoms with Gasteiger partial charge in [-0.25, -0.2) is 18.1 Å². The van der Waals surface area contributed by atoms with Crippen LogP contribution in [-0.4, -0.2) is 24.5 Å². The summed E-state index contributed by atoms with van der Waals surface area (Å²) < 4.78 is 66.7. The summed E-state index contributed by atoms with van der Waals surface area (Å²) in [4.78, 5) is 15.8. The second-order valence-electron chi connectivity index (χ2n) is 6.87. The number of aromatic nitrogens is 2. The Bertz CT molecular complexity index is 1050. The van der Waals surface area contributed by atoms with E-state index in [1.165, 1.54) is 17.0 Å². The first-order valence-corrected chi connectivity index (χ1v) is 10.9. The quantitative estimate of drug-likeness (QED) is 0.731. The molecule has 0 bridgehead atoms. The highest BCUT2D eigenvalue weighted by Gasteiger charge is 2.32. The van der Waals surface area contributed by atoms with Gasteiger partial charge in [0.15, 0.2) is 0 Å². The highest BCUT2D eigenvalue weighted by atomic mass is 35.5. The van der Waals surface area contributed by atoms with Crippen molar-refractivity contribution >= 4 is 21.6 Å². The van der Waals surface area contributed by atoms with Crippen LogP contribution < -0.4 is 10.3 Å². The third-order valence-corrected chi connectivity index (χ3v) is 6.81. The lowest BCUT2D eigenvalue weighted by Gasteiger charge is -2.13. The Morgan fingerprint density at radius 3 is 2.52 bits per heavy atom. The van der Waals surface area contributed by atoms with Gasteiger partial charge in [0.2, 0.25) is 10.0 Å². The summed E-state index contributed by atoms with van der Waals surface area (Å²) in [6.45, 7) is -0.230. The van der Waals surface area contributed by atoms with E-state index in [1.54, 1.807) is 0 Å². The van der Waals surface area contributed by atoms with E-state index in [-0.39, 0.29) is 29.6 Å². The Balaban J connectivity index is 1.69. The summed E-state index contributed by atoms with van der Waals surface area (Å²) in [5.74, 6) is 0.277. The molecule has 1 aliphatic carbocycles. The number of sulfonamides is 1. The summed E-state index contributed by atoms with van der Waals surface area (Å²) in [5, 5.41) is -0.328. The Morgan fingerprint density at radius 2 is 1.90 bits per heavy atom. The van der Waals surface area contributed by atoms with Crippen molar-refractivity contribution in [3.05, 3.63) is 57.2 Å². The second kappa shape index (κ2) is 8.45. The Hall–Kier alpha value is -1.91. The zero-order chi connectivity index (χ0) is 21.2. The molecule has 0 amide bonds. The smallest absolute Gasteiger partial charge is 0.298 e. The predicted molar refractivity (Wildman–Crippen MR) is 101 cm³/mol. The van der Waals surface area contributed by atoms with Crippen LogP contribution in [0, 0.1) is 0 Å². The minimum absolute atomic E-state index is 0.0212. The largest absolute Gasteiger partial charge is 0.416 e. The molecular weight excluding hydrogens is 431 g/mol. The number of alkyl halides is 3. The minimum atomic E-state index is -4.70. The molecule has 3 rings (SSSR count). The molecule has 1 aliphatic rings. The fourth-order valence-electron chi connectivity index (χ4n) is 3.32. The van der Waals surface area contributed by atoms with Crippen LogP contribution in [0.4, 0.5) is 13.2 Å². The van der Waals surface area contributed by atoms with Gasteiger partial charge in [0.05, 0.1) is 22.6 Å². The van der Waals surface area contributed by atoms with E-state index in [2.05, 4.69) is 9.71 Å². The monoisotopic (exact) mass is 449 g/mol. The summed E-state index contributed by atoms with van der Waals surface area (Å²) in [7, 11) is -4.30. The molecule has 1 fully saturated rings. The van der Waals surface area contributed by atoms with Crippen molar-refractivity contribution in [3.8, 4) is 0 Å². The summed E-state index contributed by atoms with van der Waals surface area (Å²) in [5.41, 5.74) is -0.691. The van der Waals surface area contributed by atoms with E-state index in [0.29, 0.717) is 12.1 Å². The van der Waals surface area contributed by atoms with Crippen LogP contribution in [0.3, 0.4) is 0 Å². The molecule has 0 aliphatic heterocycles. The lowest BCUT2D eigenvalue weighted by atomic mass is 10.0. The van der Waals surface area contributed by atoms with Gasteiger partial charge in [0, 0.05) is 25.1 Å². The van der Waals surface area contributed by atoms with Crippen molar-refractivity contribution in [2.75, 3.05) is 6.54 Å². The van der Waals surface area contributed by atoms with Crippen LogP contribution in [-0.2, 0) is 22.7 Å². The molecule has 11 heteroatoms. The fraction of sp³-hybridized carbons (Fsp3) is 0.444. The number of hydrogen-bond donors (Lipinski definition) is 1. The van der Waals surface area contributed by atoms with Crippen LogP contribution in [0.1, 0.15) is 42.9 Å². The van der Waals surface area contributed by atoms with Crippen LogP contribution in [0.25, 0.3) is 0 Å². The molecule has 1 aromatic heterocycles. The maximum Gasteiger partial charge on any atom is 0.416 e. The minimum Gasteiger partial charge on any atom is -0.298 e. The van der Waals surface area contributed by atoms with E-state index >= 15 is 0 Å². The van der Waals surface area contributed by atoms with Gasteiger partial charge in [0.1, 0.15) is 4.90 Å². The van der Waals surface area contributed by atoms with Gasteiger partial charge < -0.3 is 0 Å². The van der Waals surface area contributed by atoms with Crippen LogP contribution >= 0.6 is 11.6 Å². The molecule has 1 heterocycles. The van der Waals surface area contributed by atoms with E-state index in [0.717, 1.165) is 37.4 Å². The molecule has 0 unspecified atom stereocenters. The number of nitrogens with zero attached hydrogens (tertiary/aromatic N) is 2. The highest BCUT2D eigenvalue weighted by molar-refractivity contribution is 7.89. The SMILES string of the molecule is O=c1cc(C2CCCC2)ncn1CCNS(=O)(=O)c1cc(C(F)(F)F)ccc1Cl. The lowest BCUT2D eigenvalue weighted by molar-refractivity contribution is -0.137. The third-order valence-electron chi connectivity index (χ3n) is 4.87. The standard InChI is InChI=1S/C18H19ClF3N3O3S/c19-14-6-5-13(18(20,21)22)9-16(14)29(27,28)24-7-8-25-11-23-15(10-17(25)26)12-3-1-2-4-12/h5-6,9-12,24H,1-4,7-8H2. The molecular formula is C18H19ClF3N3O3S. The van der Waals surface area contributed by atoms with E-state index in [1.807, 2.05) is 0 Å². The molecule has 158 valence electrons. The average molecular weight is 450 g/mol. The van der Waals surface area contributed by atoms with Gasteiger partial charge in [-0.1, -0.05) is 24.4 Å². The number of nitrogens with one attached hydrogen (secondary N) is 1. The van der Waals surface area contributed by atoms with E-state index in [4.69, 9.17) is 11.6 Å². The number of halogens is 4. The number of hydrogen-bond acceptors (Lipinski definition) is 4. The van der Waals surface area contributed by atoms with Crippen LogP contribution in [0.15, 0.2) is 40.3 Å². The van der Waals surface area contributed by atoms with Crippen LogP contribution in [0.2, 0.25) is 5.02 Å². The van der Waals surface area contributed by atoms with Crippen molar-refractivity contribution in [2.45, 2.75) is 49.2 Å². The Morgan fingerprint density at radius 1 is 1.21 bits per heavy atom. The van der Waals surface area contributed by atoms with Crippen molar-refractivity contribution in [1.29, 1.82) is 0 Å². The van der Waals surface area contributed by atoms with Crippen molar-refractivity contribution in [3.63, 3.8) is 0 Å². The van der Waals surface area contributed by atoms with Crippen molar-refractivity contribution in [1.82, 2.24) is 14.3 Å². The zero-order valence-corrected chi connectivity index (χ0v) is 16.8. The number of rotatable bonds is 6. The lowest BCUT2D eigenvalue weighted by Crippen LogP contribution is -2.31. The third kappa shape index (κ3) is 5.18. The molecule has 0 radical (unpaired) electrons. The molecule has 0 spiro atoms. The normalized spacial score (nSPS) is 15.7. The topological polar surface area (TPSA) is 81.1 Å². The van der Waals surface area contributed by atoms with Gasteiger partial charge in [-0.05, 0) is 31.0 Å². The summed E-state index contributed by atoms with van der Waals surface area (Å²) >= 11 is 5.78. The van der Waals surface area contributed by atoms with Gasteiger partial charge in [-0.15, -0.1) is 0 Å². The second-order valence-corrected chi connectivity index (χ2v) is 9.01. The first-order valence-electron chi connectivity index (χ1n) is 9.01. The zero-order valence-electron chi connectivity index (χ0n) is 15.2. The predicted octanol–water partition coefficient (Wildman–Crippen LogP) is 3.55. The maximum atomic E-state index is 12.8. The van der Waals surface area contributed by atoms with Gasteiger partial charge >= 0.3 is 6.18 Å².